The molecule has 6 rings (SSSR count). The third kappa shape index (κ3) is 7.68. The lowest BCUT2D eigenvalue weighted by atomic mass is 9.92. The van der Waals surface area contributed by atoms with Gasteiger partial charge in [0.25, 0.3) is 5.91 Å². The fourth-order valence-electron chi connectivity index (χ4n) is 6.50. The Morgan fingerprint density at radius 1 is 1.04 bits per heavy atom. The molecule has 0 radical (unpaired) electrons. The number of rotatable bonds is 13. The largest absolute Gasteiger partial charge is 0.493 e. The highest BCUT2D eigenvalue weighted by atomic mass is 35.5. The van der Waals surface area contributed by atoms with Crippen molar-refractivity contribution in [3.63, 3.8) is 0 Å². The van der Waals surface area contributed by atoms with Gasteiger partial charge in [0.15, 0.2) is 0 Å². The van der Waals surface area contributed by atoms with Crippen LogP contribution in [-0.2, 0) is 30.4 Å². The van der Waals surface area contributed by atoms with Crippen LogP contribution in [0.1, 0.15) is 58.6 Å². The quantitative estimate of drug-likeness (QED) is 0.139. The first kappa shape index (κ1) is 34.7. The van der Waals surface area contributed by atoms with Crippen LogP contribution in [0.5, 0.6) is 5.75 Å². The maximum absolute atomic E-state index is 13.5. The molecule has 0 spiro atoms. The standard InChI is InChI=1S/C38H39ClN4O7/c1-23-30(39)11-6-13-33(23)50-15-7-14-34(44)43-22-26-17-29(26)36-28(10-5-12-32(36)43)27-19-40-42(21-27)20-24-8-4-9-25(16-24)37(46)41-31(38(47)49-3)18-35(45)48-2/h4-6,8-13,16,19,21,26,29,31H,7,14-15,17-18,20,22H2,1-3H3,(H,41,46)/t26-,29-,31-/m0/s1. The van der Waals surface area contributed by atoms with E-state index in [0.717, 1.165) is 46.7 Å². The van der Waals surface area contributed by atoms with E-state index in [2.05, 4.69) is 21.2 Å². The zero-order valence-corrected chi connectivity index (χ0v) is 28.9. The minimum Gasteiger partial charge on any atom is -0.493 e. The third-order valence-corrected chi connectivity index (χ3v) is 9.67. The van der Waals surface area contributed by atoms with E-state index in [9.17, 15) is 19.2 Å². The Balaban J connectivity index is 1.12. The summed E-state index contributed by atoms with van der Waals surface area (Å²) in [4.78, 5) is 52.4. The zero-order valence-electron chi connectivity index (χ0n) is 28.2. The van der Waals surface area contributed by atoms with Gasteiger partial charge < -0.3 is 24.4 Å². The Morgan fingerprint density at radius 3 is 2.64 bits per heavy atom. The number of methoxy groups -OCH3 is 2. The summed E-state index contributed by atoms with van der Waals surface area (Å²) >= 11 is 6.21. The summed E-state index contributed by atoms with van der Waals surface area (Å²) in [5, 5.41) is 7.84. The zero-order chi connectivity index (χ0) is 35.4. The van der Waals surface area contributed by atoms with Crippen molar-refractivity contribution in [1.29, 1.82) is 0 Å². The Hall–Kier alpha value is -5.16. The van der Waals surface area contributed by atoms with Gasteiger partial charge in [-0.2, -0.15) is 5.10 Å². The van der Waals surface area contributed by atoms with Crippen molar-refractivity contribution >= 4 is 41.0 Å². The number of esters is 2. The number of hydrogen-bond donors (Lipinski definition) is 1. The van der Waals surface area contributed by atoms with Crippen molar-refractivity contribution in [1.82, 2.24) is 15.1 Å². The molecule has 0 saturated heterocycles. The molecule has 260 valence electrons. The van der Waals surface area contributed by atoms with Gasteiger partial charge >= 0.3 is 11.9 Å². The van der Waals surface area contributed by atoms with Crippen molar-refractivity contribution in [3.05, 3.63) is 100 Å². The lowest BCUT2D eigenvalue weighted by Crippen LogP contribution is -2.43. The lowest BCUT2D eigenvalue weighted by molar-refractivity contribution is -0.149. The number of ether oxygens (including phenoxy) is 3. The number of benzene rings is 3. The minimum atomic E-state index is -1.18. The van der Waals surface area contributed by atoms with E-state index in [1.54, 1.807) is 22.9 Å². The number of fused-ring (bicyclic) bond motifs is 3. The van der Waals surface area contributed by atoms with Gasteiger partial charge in [-0.25, -0.2) is 4.79 Å². The van der Waals surface area contributed by atoms with Crippen molar-refractivity contribution in [2.45, 2.75) is 51.1 Å². The van der Waals surface area contributed by atoms with Gasteiger partial charge in [0.1, 0.15) is 11.8 Å². The molecule has 11 nitrogen and oxygen atoms in total. The molecular formula is C38H39ClN4O7. The van der Waals surface area contributed by atoms with Crippen molar-refractivity contribution in [3.8, 4) is 16.9 Å². The van der Waals surface area contributed by atoms with E-state index in [1.807, 2.05) is 60.6 Å². The number of aromatic nitrogens is 2. The summed E-state index contributed by atoms with van der Waals surface area (Å²) in [5.74, 6) is -0.246. The van der Waals surface area contributed by atoms with E-state index in [-0.39, 0.29) is 12.3 Å². The Bertz CT molecular complexity index is 1920. The first-order chi connectivity index (χ1) is 24.2. The van der Waals surface area contributed by atoms with Crippen molar-refractivity contribution in [2.24, 2.45) is 5.92 Å². The monoisotopic (exact) mass is 698 g/mol. The molecule has 50 heavy (non-hydrogen) atoms. The normalized spacial score (nSPS) is 16.4. The molecule has 1 saturated carbocycles. The summed E-state index contributed by atoms with van der Waals surface area (Å²) in [6.45, 7) is 3.46. The second-order valence-corrected chi connectivity index (χ2v) is 13.0. The molecule has 2 heterocycles. The second-order valence-electron chi connectivity index (χ2n) is 12.6. The molecule has 12 heteroatoms. The molecule has 1 aliphatic heterocycles. The fraction of sp³-hybridized carbons (Fsp3) is 0.342. The molecule has 3 aromatic carbocycles. The molecule has 1 aromatic heterocycles. The van der Waals surface area contributed by atoms with Crippen LogP contribution < -0.4 is 15.0 Å². The smallest absolute Gasteiger partial charge is 0.328 e. The van der Waals surface area contributed by atoms with Crippen LogP contribution >= 0.6 is 11.6 Å². The summed E-state index contributed by atoms with van der Waals surface area (Å²) in [6.07, 6.45) is 5.47. The average Bonchev–Trinajstić information content (AvgIpc) is 3.78. The first-order valence-corrected chi connectivity index (χ1v) is 16.9. The number of amides is 2. The van der Waals surface area contributed by atoms with E-state index in [1.165, 1.54) is 19.8 Å². The molecular weight excluding hydrogens is 660 g/mol. The summed E-state index contributed by atoms with van der Waals surface area (Å²) < 4.78 is 17.1. The number of anilines is 1. The van der Waals surface area contributed by atoms with Gasteiger partial charge in [0.2, 0.25) is 5.91 Å². The van der Waals surface area contributed by atoms with Gasteiger partial charge in [0, 0.05) is 46.6 Å². The SMILES string of the molecule is COC(=O)C[C@H](NC(=O)c1cccc(Cn2cc(-c3cccc4c3[C@H]3C[C@H]3CN4C(=O)CCCOc3cccc(Cl)c3C)cn2)c1)C(=O)OC. The van der Waals surface area contributed by atoms with Crippen LogP contribution in [0.25, 0.3) is 11.1 Å². The lowest BCUT2D eigenvalue weighted by Gasteiger charge is -2.30. The Labute approximate surface area is 295 Å². The Kier molecular flexibility index (Phi) is 10.5. The van der Waals surface area contributed by atoms with E-state index in [4.69, 9.17) is 21.1 Å². The van der Waals surface area contributed by atoms with E-state index < -0.39 is 23.9 Å². The second kappa shape index (κ2) is 15.2. The molecule has 4 aromatic rings. The van der Waals surface area contributed by atoms with Crippen LogP contribution in [0.4, 0.5) is 5.69 Å². The molecule has 0 bridgehead atoms. The predicted octanol–water partition coefficient (Wildman–Crippen LogP) is 5.70. The number of halogens is 1. The van der Waals surface area contributed by atoms with Gasteiger partial charge in [0.05, 0.1) is 40.0 Å². The molecule has 1 fully saturated rings. The van der Waals surface area contributed by atoms with Crippen molar-refractivity contribution < 1.29 is 33.4 Å². The van der Waals surface area contributed by atoms with E-state index >= 15 is 0 Å². The van der Waals surface area contributed by atoms with Gasteiger partial charge in [-0.3, -0.25) is 19.1 Å². The van der Waals surface area contributed by atoms with Crippen LogP contribution in [-0.4, -0.2) is 66.9 Å². The maximum Gasteiger partial charge on any atom is 0.328 e. The molecule has 1 aliphatic carbocycles. The number of nitrogens with one attached hydrogen (secondary N) is 1. The Morgan fingerprint density at radius 2 is 1.84 bits per heavy atom. The predicted molar refractivity (Wildman–Crippen MR) is 187 cm³/mol. The first-order valence-electron chi connectivity index (χ1n) is 16.5. The van der Waals surface area contributed by atoms with E-state index in [0.29, 0.717) is 48.4 Å². The number of carbonyl (C=O) groups excluding carboxylic acids is 4. The summed E-state index contributed by atoms with van der Waals surface area (Å²) in [7, 11) is 2.39. The van der Waals surface area contributed by atoms with Crippen LogP contribution in [0.15, 0.2) is 73.1 Å². The van der Waals surface area contributed by atoms with Crippen LogP contribution in [0.3, 0.4) is 0 Å². The van der Waals surface area contributed by atoms with Gasteiger partial charge in [-0.15, -0.1) is 0 Å². The highest BCUT2D eigenvalue weighted by molar-refractivity contribution is 6.31. The molecule has 0 unspecified atom stereocenters. The van der Waals surface area contributed by atoms with Crippen molar-refractivity contribution in [2.75, 3.05) is 32.3 Å². The maximum atomic E-state index is 13.5. The fourth-order valence-corrected chi connectivity index (χ4v) is 6.67. The number of nitrogens with zero attached hydrogens (tertiary/aromatic N) is 3. The highest BCUT2D eigenvalue weighted by Gasteiger charge is 2.47. The summed E-state index contributed by atoms with van der Waals surface area (Å²) in [6, 6.07) is 17.5. The molecule has 2 amide bonds. The van der Waals surface area contributed by atoms with Gasteiger partial charge in [-0.05, 0) is 78.6 Å². The van der Waals surface area contributed by atoms with Crippen LogP contribution in [0, 0.1) is 12.8 Å². The third-order valence-electron chi connectivity index (χ3n) is 9.26. The number of carbonyl (C=O) groups is 4. The summed E-state index contributed by atoms with van der Waals surface area (Å²) in [5.41, 5.74) is 6.19. The number of hydrogen-bond acceptors (Lipinski definition) is 8. The topological polar surface area (TPSA) is 129 Å². The van der Waals surface area contributed by atoms with Crippen LogP contribution in [0.2, 0.25) is 5.02 Å². The molecule has 1 N–H and O–H groups in total. The average molecular weight is 699 g/mol. The molecule has 3 atom stereocenters. The highest BCUT2D eigenvalue weighted by Crippen LogP contribution is 2.57. The van der Waals surface area contributed by atoms with Gasteiger partial charge in [-0.1, -0.05) is 41.9 Å². The minimum absolute atomic E-state index is 0.0861. The molecule has 2 aliphatic rings.